The van der Waals surface area contributed by atoms with Gasteiger partial charge in [-0.2, -0.15) is 0 Å². The van der Waals surface area contributed by atoms with E-state index in [0.29, 0.717) is 30.4 Å². The second-order valence-electron chi connectivity index (χ2n) is 6.88. The molecule has 4 nitrogen and oxygen atoms in total. The number of nitrogens with two attached hydrogens (primary N) is 1. The molecule has 0 bridgehead atoms. The molecule has 1 atom stereocenters. The molecule has 0 aliphatic heterocycles. The predicted molar refractivity (Wildman–Crippen MR) is 113 cm³/mol. The molecule has 0 saturated heterocycles. The molecule has 0 spiro atoms. The van der Waals surface area contributed by atoms with Crippen molar-refractivity contribution in [1.29, 1.82) is 0 Å². The summed E-state index contributed by atoms with van der Waals surface area (Å²) in [5.74, 6) is 1.64. The van der Waals surface area contributed by atoms with Crippen molar-refractivity contribution < 1.29 is 0 Å². The first-order valence-electron chi connectivity index (χ1n) is 8.13. The minimum Gasteiger partial charge on any atom is -0.370 e. The first kappa shape index (κ1) is 22.2. The van der Waals surface area contributed by atoms with E-state index >= 15 is 0 Å². The molecule has 0 aliphatic rings. The Bertz CT molecular complexity index is 484. The van der Waals surface area contributed by atoms with Crippen molar-refractivity contribution in [3.63, 3.8) is 0 Å². The molecular weight excluding hydrogens is 399 g/mol. The number of aliphatic imine (C=N–C) groups is 1. The Morgan fingerprint density at radius 2 is 1.87 bits per heavy atom. The smallest absolute Gasteiger partial charge is 0.193 e. The van der Waals surface area contributed by atoms with Crippen molar-refractivity contribution in [1.82, 2.24) is 4.90 Å². The molecule has 0 heterocycles. The van der Waals surface area contributed by atoms with Crippen LogP contribution in [0.4, 0.5) is 5.69 Å². The minimum absolute atomic E-state index is 0. The number of rotatable bonds is 7. The van der Waals surface area contributed by atoms with Crippen LogP contribution >= 0.6 is 24.0 Å². The van der Waals surface area contributed by atoms with Crippen LogP contribution in [0, 0.1) is 5.92 Å². The van der Waals surface area contributed by atoms with Crippen LogP contribution in [0.2, 0.25) is 0 Å². The van der Waals surface area contributed by atoms with Gasteiger partial charge in [0.15, 0.2) is 5.96 Å². The second-order valence-corrected chi connectivity index (χ2v) is 6.88. The summed E-state index contributed by atoms with van der Waals surface area (Å²) < 4.78 is 0. The molecule has 0 radical (unpaired) electrons. The summed E-state index contributed by atoms with van der Waals surface area (Å²) in [6.07, 6.45) is 1.12. The Morgan fingerprint density at radius 1 is 1.22 bits per heavy atom. The third-order valence-corrected chi connectivity index (χ3v) is 3.77. The van der Waals surface area contributed by atoms with Crippen molar-refractivity contribution >= 4 is 35.6 Å². The van der Waals surface area contributed by atoms with Gasteiger partial charge < -0.3 is 16.0 Å². The van der Waals surface area contributed by atoms with E-state index in [0.717, 1.165) is 12.1 Å². The van der Waals surface area contributed by atoms with Gasteiger partial charge in [0.1, 0.15) is 0 Å². The lowest BCUT2D eigenvalue weighted by molar-refractivity contribution is 0.261. The molecule has 1 unspecified atom stereocenters. The molecule has 0 aliphatic carbocycles. The van der Waals surface area contributed by atoms with Crippen LogP contribution in [0.1, 0.15) is 45.6 Å². The normalized spacial score (nSPS) is 13.3. The van der Waals surface area contributed by atoms with Crippen LogP contribution < -0.4 is 11.1 Å². The van der Waals surface area contributed by atoms with E-state index in [1.54, 1.807) is 0 Å². The molecule has 5 heteroatoms. The number of nitrogens with one attached hydrogen (secondary N) is 1. The van der Waals surface area contributed by atoms with Crippen molar-refractivity contribution in [3.05, 3.63) is 29.8 Å². The van der Waals surface area contributed by atoms with Crippen LogP contribution in [-0.4, -0.2) is 37.5 Å². The maximum Gasteiger partial charge on any atom is 0.193 e. The van der Waals surface area contributed by atoms with Gasteiger partial charge in [0.2, 0.25) is 0 Å². The van der Waals surface area contributed by atoms with E-state index in [1.165, 1.54) is 5.56 Å². The standard InChI is InChI=1S/C18H32N4.HI/c1-13(2)10-17(22(5)6)12-20-18(19)21-16-9-7-8-15(11-16)14(3)4;/h7-9,11,13-14,17H,10,12H2,1-6H3,(H3,19,20,21);1H. The topological polar surface area (TPSA) is 53.6 Å². The SMILES string of the molecule is CC(C)CC(CN=C(N)Nc1cccc(C(C)C)c1)N(C)C.I. The van der Waals surface area contributed by atoms with E-state index in [9.17, 15) is 0 Å². The Kier molecular flexibility index (Phi) is 10.5. The number of hydrogen-bond acceptors (Lipinski definition) is 2. The van der Waals surface area contributed by atoms with Gasteiger partial charge in [0.05, 0.1) is 6.54 Å². The molecule has 1 aromatic rings. The average molecular weight is 432 g/mol. The summed E-state index contributed by atoms with van der Waals surface area (Å²) in [6, 6.07) is 8.75. The maximum atomic E-state index is 6.03. The van der Waals surface area contributed by atoms with Gasteiger partial charge in [-0.15, -0.1) is 24.0 Å². The highest BCUT2D eigenvalue weighted by molar-refractivity contribution is 14.0. The number of likely N-dealkylation sites (N-methyl/N-ethyl adjacent to an activating group) is 1. The fourth-order valence-corrected chi connectivity index (χ4v) is 2.36. The summed E-state index contributed by atoms with van der Waals surface area (Å²) in [5, 5.41) is 3.19. The molecule has 0 amide bonds. The van der Waals surface area contributed by atoms with Crippen LogP contribution in [0.15, 0.2) is 29.3 Å². The van der Waals surface area contributed by atoms with Crippen molar-refractivity contribution in [2.45, 2.75) is 46.1 Å². The Morgan fingerprint density at radius 3 is 2.39 bits per heavy atom. The molecule has 3 N–H and O–H groups in total. The monoisotopic (exact) mass is 432 g/mol. The van der Waals surface area contributed by atoms with Gasteiger partial charge in [0, 0.05) is 11.7 Å². The lowest BCUT2D eigenvalue weighted by Gasteiger charge is -2.24. The summed E-state index contributed by atoms with van der Waals surface area (Å²) in [7, 11) is 4.19. The van der Waals surface area contributed by atoms with E-state index < -0.39 is 0 Å². The fraction of sp³-hybridized carbons (Fsp3) is 0.611. The number of anilines is 1. The van der Waals surface area contributed by atoms with Gasteiger partial charge in [-0.3, -0.25) is 4.99 Å². The predicted octanol–water partition coefficient (Wildman–Crippen LogP) is 4.13. The number of nitrogens with zero attached hydrogens (tertiary/aromatic N) is 2. The van der Waals surface area contributed by atoms with Crippen LogP contribution in [0.5, 0.6) is 0 Å². The highest BCUT2D eigenvalue weighted by Gasteiger charge is 2.12. The Labute approximate surface area is 158 Å². The lowest BCUT2D eigenvalue weighted by Crippen LogP contribution is -2.34. The number of benzene rings is 1. The average Bonchev–Trinajstić information content (AvgIpc) is 2.43. The highest BCUT2D eigenvalue weighted by Crippen LogP contribution is 2.18. The molecule has 0 saturated carbocycles. The zero-order chi connectivity index (χ0) is 16.7. The van der Waals surface area contributed by atoms with Crippen molar-refractivity contribution in [2.24, 2.45) is 16.6 Å². The molecule has 23 heavy (non-hydrogen) atoms. The summed E-state index contributed by atoms with van der Waals surface area (Å²) in [4.78, 5) is 6.73. The molecule has 0 aromatic heterocycles. The molecule has 1 aromatic carbocycles. The number of hydrogen-bond donors (Lipinski definition) is 2. The zero-order valence-corrected chi connectivity index (χ0v) is 17.7. The maximum absolute atomic E-state index is 6.03. The van der Waals surface area contributed by atoms with E-state index in [2.05, 4.69) is 69.1 Å². The summed E-state index contributed by atoms with van der Waals surface area (Å²) in [6.45, 7) is 9.56. The third-order valence-electron chi connectivity index (χ3n) is 3.77. The van der Waals surface area contributed by atoms with Gasteiger partial charge in [-0.25, -0.2) is 0 Å². The van der Waals surface area contributed by atoms with Crippen LogP contribution in [0.25, 0.3) is 0 Å². The number of halogens is 1. The van der Waals surface area contributed by atoms with Gasteiger partial charge in [0.25, 0.3) is 0 Å². The zero-order valence-electron chi connectivity index (χ0n) is 15.3. The second kappa shape index (κ2) is 10.9. The summed E-state index contributed by atoms with van der Waals surface area (Å²) in [5.41, 5.74) is 8.32. The molecular formula is C18H33IN4. The highest BCUT2D eigenvalue weighted by atomic mass is 127. The van der Waals surface area contributed by atoms with E-state index in [1.807, 2.05) is 12.1 Å². The first-order chi connectivity index (χ1) is 10.3. The third kappa shape index (κ3) is 8.55. The Hall–Kier alpha value is -0.820. The van der Waals surface area contributed by atoms with E-state index in [-0.39, 0.29) is 24.0 Å². The molecule has 1 rings (SSSR count). The van der Waals surface area contributed by atoms with E-state index in [4.69, 9.17) is 5.73 Å². The van der Waals surface area contributed by atoms with Gasteiger partial charge >= 0.3 is 0 Å². The van der Waals surface area contributed by atoms with Crippen molar-refractivity contribution in [3.8, 4) is 0 Å². The fourth-order valence-electron chi connectivity index (χ4n) is 2.36. The van der Waals surface area contributed by atoms with Crippen LogP contribution in [0.3, 0.4) is 0 Å². The van der Waals surface area contributed by atoms with Crippen molar-refractivity contribution in [2.75, 3.05) is 26.0 Å². The quantitative estimate of drug-likeness (QED) is 0.387. The molecule has 132 valence electrons. The van der Waals surface area contributed by atoms with Gasteiger partial charge in [-0.05, 0) is 50.0 Å². The molecule has 0 fully saturated rings. The Balaban J connectivity index is 0.00000484. The lowest BCUT2D eigenvalue weighted by atomic mass is 10.0. The first-order valence-corrected chi connectivity index (χ1v) is 8.13. The summed E-state index contributed by atoms with van der Waals surface area (Å²) >= 11 is 0. The van der Waals surface area contributed by atoms with Gasteiger partial charge in [-0.1, -0.05) is 39.8 Å². The number of guanidine groups is 1. The minimum atomic E-state index is 0. The largest absolute Gasteiger partial charge is 0.370 e. The van der Waals surface area contributed by atoms with Crippen LogP contribution in [-0.2, 0) is 0 Å².